The lowest BCUT2D eigenvalue weighted by Crippen LogP contribution is -2.27. The van der Waals surface area contributed by atoms with Crippen molar-refractivity contribution in [2.24, 2.45) is 0 Å². The molecule has 1 aromatic rings. The topological polar surface area (TPSA) is 50.2 Å². The predicted molar refractivity (Wildman–Crippen MR) is 69.4 cm³/mol. The number of amides is 1. The number of carbonyl (C=O) groups excluding carboxylic acids is 1. The number of anilines is 1. The van der Waals surface area contributed by atoms with Gasteiger partial charge < -0.3 is 10.2 Å². The normalized spacial score (nSPS) is 10.8. The number of hydrogen-bond donors (Lipinski definition) is 1. The van der Waals surface area contributed by atoms with Gasteiger partial charge in [0, 0.05) is 12.7 Å². The van der Waals surface area contributed by atoms with Gasteiger partial charge in [0.05, 0.1) is 18.4 Å². The monoisotopic (exact) mass is 258 g/mol. The van der Waals surface area contributed by atoms with E-state index in [1.807, 2.05) is 10.9 Å². The minimum absolute atomic E-state index is 0.0371. The Morgan fingerprint density at radius 3 is 2.82 bits per heavy atom. The van der Waals surface area contributed by atoms with Crippen LogP contribution in [0.3, 0.4) is 0 Å². The van der Waals surface area contributed by atoms with Gasteiger partial charge in [0.25, 0.3) is 0 Å². The second-order valence-corrected chi connectivity index (χ2v) is 3.97. The lowest BCUT2D eigenvalue weighted by molar-refractivity contribution is -0.113. The zero-order chi connectivity index (χ0) is 12.7. The van der Waals surface area contributed by atoms with Crippen molar-refractivity contribution in [3.05, 3.63) is 12.4 Å². The first-order valence-corrected chi connectivity index (χ1v) is 6.33. The molecule has 1 amide bonds. The summed E-state index contributed by atoms with van der Waals surface area (Å²) in [4.78, 5) is 13.4. The van der Waals surface area contributed by atoms with Crippen molar-refractivity contribution in [3.8, 4) is 0 Å². The maximum Gasteiger partial charge on any atom is 0.239 e. The van der Waals surface area contributed by atoms with Crippen LogP contribution < -0.4 is 5.32 Å². The summed E-state index contributed by atoms with van der Waals surface area (Å²) in [5.41, 5.74) is 0.690. The van der Waals surface area contributed by atoms with Crippen molar-refractivity contribution in [2.75, 3.05) is 30.8 Å². The number of nitrogens with zero attached hydrogens (tertiary/aromatic N) is 3. The highest BCUT2D eigenvalue weighted by atomic mass is 35.5. The van der Waals surface area contributed by atoms with Gasteiger partial charge in [0.2, 0.25) is 5.91 Å². The number of halogens is 1. The van der Waals surface area contributed by atoms with E-state index in [0.717, 1.165) is 26.2 Å². The molecule has 0 aliphatic heterocycles. The lowest BCUT2D eigenvalue weighted by Gasteiger charge is -2.17. The van der Waals surface area contributed by atoms with Crippen LogP contribution in [-0.4, -0.2) is 46.1 Å². The number of nitrogens with one attached hydrogen (secondary N) is 1. The van der Waals surface area contributed by atoms with E-state index in [0.29, 0.717) is 5.69 Å². The Labute approximate surface area is 107 Å². The summed E-state index contributed by atoms with van der Waals surface area (Å²) in [6.45, 7) is 8.12. The summed E-state index contributed by atoms with van der Waals surface area (Å²) >= 11 is 5.40. The van der Waals surface area contributed by atoms with Gasteiger partial charge in [0.1, 0.15) is 5.88 Å². The molecular weight excluding hydrogens is 240 g/mol. The highest BCUT2D eigenvalue weighted by Crippen LogP contribution is 2.05. The van der Waals surface area contributed by atoms with Crippen molar-refractivity contribution in [2.45, 2.75) is 20.4 Å². The van der Waals surface area contributed by atoms with Gasteiger partial charge in [-0.15, -0.1) is 11.6 Å². The first kappa shape index (κ1) is 14.0. The summed E-state index contributed by atoms with van der Waals surface area (Å²) in [6, 6.07) is 0. The summed E-state index contributed by atoms with van der Waals surface area (Å²) in [6.07, 6.45) is 3.45. The van der Waals surface area contributed by atoms with Crippen molar-refractivity contribution in [3.63, 3.8) is 0 Å². The molecule has 0 bridgehead atoms. The molecular formula is C11H19ClN4O. The standard InChI is InChI=1S/C11H19ClN4O/c1-3-15(4-2)5-6-16-9-10(8-13-16)14-11(17)7-12/h8-9H,3-7H2,1-2H3,(H,14,17). The van der Waals surface area contributed by atoms with Crippen molar-refractivity contribution in [1.82, 2.24) is 14.7 Å². The fourth-order valence-corrected chi connectivity index (χ4v) is 1.60. The molecule has 0 fully saturated rings. The Morgan fingerprint density at radius 2 is 2.24 bits per heavy atom. The van der Waals surface area contributed by atoms with Crippen LogP contribution in [0.25, 0.3) is 0 Å². The van der Waals surface area contributed by atoms with Crippen LogP contribution in [0.4, 0.5) is 5.69 Å². The van der Waals surface area contributed by atoms with Gasteiger partial charge >= 0.3 is 0 Å². The van der Waals surface area contributed by atoms with E-state index < -0.39 is 0 Å². The Bertz CT molecular complexity index is 349. The van der Waals surface area contributed by atoms with Crippen molar-refractivity contribution < 1.29 is 4.79 Å². The molecule has 0 saturated heterocycles. The van der Waals surface area contributed by atoms with Crippen LogP contribution in [0, 0.1) is 0 Å². The number of likely N-dealkylation sites (N-methyl/N-ethyl adjacent to an activating group) is 1. The van der Waals surface area contributed by atoms with Gasteiger partial charge in [-0.2, -0.15) is 5.10 Å². The average molecular weight is 259 g/mol. The third-order valence-corrected chi connectivity index (χ3v) is 2.82. The van der Waals surface area contributed by atoms with Crippen molar-refractivity contribution >= 4 is 23.2 Å². The first-order valence-electron chi connectivity index (χ1n) is 5.80. The fraction of sp³-hybridized carbons (Fsp3) is 0.636. The molecule has 1 N–H and O–H groups in total. The lowest BCUT2D eigenvalue weighted by atomic mass is 10.4. The van der Waals surface area contributed by atoms with E-state index in [-0.39, 0.29) is 11.8 Å². The van der Waals surface area contributed by atoms with E-state index in [9.17, 15) is 4.79 Å². The number of carbonyl (C=O) groups is 1. The van der Waals surface area contributed by atoms with Gasteiger partial charge in [0.15, 0.2) is 0 Å². The minimum Gasteiger partial charge on any atom is -0.322 e. The number of alkyl halides is 1. The molecule has 1 heterocycles. The quantitative estimate of drug-likeness (QED) is 0.753. The molecule has 0 aliphatic rings. The molecule has 0 aromatic carbocycles. The summed E-state index contributed by atoms with van der Waals surface area (Å²) in [5.74, 6) is -0.250. The van der Waals surface area contributed by atoms with Gasteiger partial charge in [-0.05, 0) is 13.1 Å². The Hall–Kier alpha value is -1.07. The second-order valence-electron chi connectivity index (χ2n) is 3.70. The smallest absolute Gasteiger partial charge is 0.239 e. The summed E-state index contributed by atoms with van der Waals surface area (Å²) in [5, 5.41) is 6.84. The maximum absolute atomic E-state index is 11.1. The third-order valence-electron chi connectivity index (χ3n) is 2.58. The molecule has 6 heteroatoms. The van der Waals surface area contributed by atoms with E-state index in [2.05, 4.69) is 29.2 Å². The molecule has 0 aliphatic carbocycles. The van der Waals surface area contributed by atoms with Crippen LogP contribution >= 0.6 is 11.6 Å². The van der Waals surface area contributed by atoms with E-state index in [1.165, 1.54) is 0 Å². The number of aromatic nitrogens is 2. The molecule has 0 unspecified atom stereocenters. The highest BCUT2D eigenvalue weighted by molar-refractivity contribution is 6.29. The van der Waals surface area contributed by atoms with E-state index in [1.54, 1.807) is 6.20 Å². The maximum atomic E-state index is 11.1. The molecule has 0 radical (unpaired) electrons. The molecule has 1 aromatic heterocycles. The van der Waals surface area contributed by atoms with Crippen LogP contribution in [0.2, 0.25) is 0 Å². The second kappa shape index (κ2) is 7.29. The molecule has 5 nitrogen and oxygen atoms in total. The molecule has 0 spiro atoms. The average Bonchev–Trinajstić information content (AvgIpc) is 2.78. The predicted octanol–water partition coefficient (Wildman–Crippen LogP) is 1.40. The van der Waals surface area contributed by atoms with Crippen LogP contribution in [0.5, 0.6) is 0 Å². The van der Waals surface area contributed by atoms with Crippen LogP contribution in [-0.2, 0) is 11.3 Å². The number of hydrogen-bond acceptors (Lipinski definition) is 3. The fourth-order valence-electron chi connectivity index (χ4n) is 1.53. The zero-order valence-electron chi connectivity index (χ0n) is 10.3. The van der Waals surface area contributed by atoms with Crippen molar-refractivity contribution in [1.29, 1.82) is 0 Å². The van der Waals surface area contributed by atoms with Gasteiger partial charge in [-0.3, -0.25) is 9.48 Å². The Kier molecular flexibility index (Phi) is 6.00. The first-order chi connectivity index (χ1) is 8.19. The van der Waals surface area contributed by atoms with Gasteiger partial charge in [-0.1, -0.05) is 13.8 Å². The minimum atomic E-state index is -0.213. The molecule has 0 atom stereocenters. The van der Waals surface area contributed by atoms with Crippen LogP contribution in [0.1, 0.15) is 13.8 Å². The van der Waals surface area contributed by atoms with Gasteiger partial charge in [-0.25, -0.2) is 0 Å². The SMILES string of the molecule is CCN(CC)CCn1cc(NC(=O)CCl)cn1. The Morgan fingerprint density at radius 1 is 1.53 bits per heavy atom. The highest BCUT2D eigenvalue weighted by Gasteiger charge is 2.04. The summed E-state index contributed by atoms with van der Waals surface area (Å²) < 4.78 is 1.82. The van der Waals surface area contributed by atoms with Crippen LogP contribution in [0.15, 0.2) is 12.4 Å². The number of rotatable bonds is 7. The molecule has 0 saturated carbocycles. The van der Waals surface area contributed by atoms with E-state index >= 15 is 0 Å². The van der Waals surface area contributed by atoms with E-state index in [4.69, 9.17) is 11.6 Å². The summed E-state index contributed by atoms with van der Waals surface area (Å²) in [7, 11) is 0. The zero-order valence-corrected chi connectivity index (χ0v) is 11.1. The molecule has 1 rings (SSSR count). The largest absolute Gasteiger partial charge is 0.322 e. The molecule has 96 valence electrons. The Balaban J connectivity index is 2.42. The third kappa shape index (κ3) is 4.75. The molecule has 17 heavy (non-hydrogen) atoms.